The molecular weight excluding hydrogens is 164 g/mol. The van der Waals surface area contributed by atoms with Gasteiger partial charge in [0, 0.05) is 12.1 Å². The second-order valence-corrected chi connectivity index (χ2v) is 2.59. The topological polar surface area (TPSA) is 43.6 Å². The number of aryl methyl sites for hydroxylation is 1. The molecular formula is C9H9N4. The van der Waals surface area contributed by atoms with Gasteiger partial charge in [-0.25, -0.2) is 4.68 Å². The van der Waals surface area contributed by atoms with Gasteiger partial charge in [-0.3, -0.25) is 0 Å². The number of rotatable bonds is 2. The lowest BCUT2D eigenvalue weighted by atomic mass is 10.2. The van der Waals surface area contributed by atoms with Crippen molar-refractivity contribution < 1.29 is 0 Å². The number of benzene rings is 1. The zero-order chi connectivity index (χ0) is 9.10. The summed E-state index contributed by atoms with van der Waals surface area (Å²) in [6, 6.07) is 10.7. The number of hydrogen-bond donors (Lipinski definition) is 0. The van der Waals surface area contributed by atoms with Crippen molar-refractivity contribution in [3.05, 3.63) is 30.3 Å². The van der Waals surface area contributed by atoms with Crippen LogP contribution in [0.4, 0.5) is 0 Å². The Balaban J connectivity index is 2.47. The molecule has 0 aliphatic rings. The Labute approximate surface area is 76.2 Å². The Morgan fingerprint density at radius 2 is 2.38 bits per heavy atom. The van der Waals surface area contributed by atoms with E-state index < -0.39 is 0 Å². The van der Waals surface area contributed by atoms with E-state index in [4.69, 9.17) is 0 Å². The molecule has 0 atom stereocenters. The average Bonchev–Trinajstić information content (AvgIpc) is 2.67. The van der Waals surface area contributed by atoms with Gasteiger partial charge in [0.15, 0.2) is 5.82 Å². The second-order valence-electron chi connectivity index (χ2n) is 2.59. The van der Waals surface area contributed by atoms with Crippen molar-refractivity contribution in [2.75, 3.05) is 0 Å². The highest BCUT2D eigenvalue weighted by atomic mass is 15.5. The molecule has 1 aromatic carbocycles. The molecule has 65 valence electrons. The largest absolute Gasteiger partial charge is 0.226 e. The van der Waals surface area contributed by atoms with E-state index >= 15 is 0 Å². The van der Waals surface area contributed by atoms with Crippen LogP contribution in [-0.2, 0) is 6.54 Å². The van der Waals surface area contributed by atoms with Crippen molar-refractivity contribution in [2.45, 2.75) is 13.5 Å². The van der Waals surface area contributed by atoms with Gasteiger partial charge in [0.25, 0.3) is 0 Å². The lowest BCUT2D eigenvalue weighted by molar-refractivity contribution is 0.631. The monoisotopic (exact) mass is 173 g/mol. The Kier molecular flexibility index (Phi) is 2.04. The molecule has 1 radical (unpaired) electrons. The molecule has 0 bridgehead atoms. The smallest absolute Gasteiger partial charge is 0.182 e. The molecule has 4 nitrogen and oxygen atoms in total. The fraction of sp³-hybridized carbons (Fsp3) is 0.222. The molecule has 0 N–H and O–H groups in total. The number of aromatic nitrogens is 4. The molecule has 0 saturated heterocycles. The fourth-order valence-electron chi connectivity index (χ4n) is 1.14. The van der Waals surface area contributed by atoms with E-state index in [-0.39, 0.29) is 0 Å². The summed E-state index contributed by atoms with van der Waals surface area (Å²) >= 11 is 0. The maximum Gasteiger partial charge on any atom is 0.182 e. The maximum atomic E-state index is 3.93. The molecule has 1 aromatic heterocycles. The Morgan fingerprint density at radius 1 is 1.46 bits per heavy atom. The molecule has 0 amide bonds. The van der Waals surface area contributed by atoms with Crippen molar-refractivity contribution in [1.29, 1.82) is 0 Å². The Bertz CT molecular complexity index is 380. The van der Waals surface area contributed by atoms with Gasteiger partial charge in [-0.2, -0.15) is 0 Å². The summed E-state index contributed by atoms with van der Waals surface area (Å²) in [4.78, 5) is 0. The van der Waals surface area contributed by atoms with Crippen LogP contribution in [0.15, 0.2) is 24.3 Å². The summed E-state index contributed by atoms with van der Waals surface area (Å²) in [5.74, 6) is 0.767. The predicted octanol–water partition coefficient (Wildman–Crippen LogP) is 1.16. The van der Waals surface area contributed by atoms with Gasteiger partial charge in [0.05, 0.1) is 0 Å². The van der Waals surface area contributed by atoms with Gasteiger partial charge in [-0.1, -0.05) is 24.3 Å². The second kappa shape index (κ2) is 3.35. The van der Waals surface area contributed by atoms with Crippen molar-refractivity contribution in [3.63, 3.8) is 0 Å². The lowest BCUT2D eigenvalue weighted by Crippen LogP contribution is -1.99. The van der Waals surface area contributed by atoms with E-state index in [1.54, 1.807) is 4.68 Å². The first kappa shape index (κ1) is 7.91. The van der Waals surface area contributed by atoms with Crippen LogP contribution in [0.3, 0.4) is 0 Å². The predicted molar refractivity (Wildman–Crippen MR) is 47.8 cm³/mol. The molecule has 4 heteroatoms. The summed E-state index contributed by atoms with van der Waals surface area (Å²) in [6.45, 7) is 2.77. The summed E-state index contributed by atoms with van der Waals surface area (Å²) in [6.07, 6.45) is 0. The maximum absolute atomic E-state index is 3.93. The van der Waals surface area contributed by atoms with Gasteiger partial charge >= 0.3 is 0 Å². The molecule has 0 spiro atoms. The zero-order valence-electron chi connectivity index (χ0n) is 7.31. The minimum atomic E-state index is 0.767. The highest BCUT2D eigenvalue weighted by molar-refractivity contribution is 5.52. The van der Waals surface area contributed by atoms with Gasteiger partial charge in [0.1, 0.15) is 0 Å². The van der Waals surface area contributed by atoms with Crippen LogP contribution in [0, 0.1) is 6.07 Å². The van der Waals surface area contributed by atoms with Crippen LogP contribution in [0.25, 0.3) is 11.4 Å². The van der Waals surface area contributed by atoms with Crippen molar-refractivity contribution in [2.24, 2.45) is 0 Å². The first-order chi connectivity index (χ1) is 6.42. The minimum absolute atomic E-state index is 0.767. The van der Waals surface area contributed by atoms with Crippen molar-refractivity contribution in [3.8, 4) is 11.4 Å². The molecule has 0 saturated carbocycles. The molecule has 2 rings (SSSR count). The minimum Gasteiger partial charge on any atom is -0.226 e. The quantitative estimate of drug-likeness (QED) is 0.684. The van der Waals surface area contributed by atoms with Crippen LogP contribution < -0.4 is 0 Å². The highest BCUT2D eigenvalue weighted by Gasteiger charge is 2.05. The number of hydrogen-bond acceptors (Lipinski definition) is 3. The Hall–Kier alpha value is -1.71. The van der Waals surface area contributed by atoms with Gasteiger partial charge in [-0.05, 0) is 23.4 Å². The highest BCUT2D eigenvalue weighted by Crippen LogP contribution is 2.13. The van der Waals surface area contributed by atoms with Crippen LogP contribution >= 0.6 is 0 Å². The van der Waals surface area contributed by atoms with Crippen LogP contribution in [0.2, 0.25) is 0 Å². The van der Waals surface area contributed by atoms with E-state index in [1.165, 1.54) is 0 Å². The number of nitrogens with zero attached hydrogens (tertiary/aromatic N) is 4. The third-order valence-corrected chi connectivity index (χ3v) is 1.78. The van der Waals surface area contributed by atoms with E-state index in [0.29, 0.717) is 0 Å². The van der Waals surface area contributed by atoms with Crippen LogP contribution in [-0.4, -0.2) is 20.2 Å². The SMILES string of the molecule is CCn1nnnc1-c1[c]cccc1. The first-order valence-electron chi connectivity index (χ1n) is 4.15. The van der Waals surface area contributed by atoms with Crippen LogP contribution in [0.5, 0.6) is 0 Å². The fourth-order valence-corrected chi connectivity index (χ4v) is 1.14. The summed E-state index contributed by atoms with van der Waals surface area (Å²) in [5, 5.41) is 11.4. The van der Waals surface area contributed by atoms with Crippen molar-refractivity contribution in [1.82, 2.24) is 20.2 Å². The molecule has 0 fully saturated rings. The van der Waals surface area contributed by atoms with E-state index in [9.17, 15) is 0 Å². The normalized spacial score (nSPS) is 10.2. The molecule has 13 heavy (non-hydrogen) atoms. The molecule has 1 heterocycles. The van der Waals surface area contributed by atoms with E-state index in [1.807, 2.05) is 31.2 Å². The molecule has 0 unspecified atom stereocenters. The van der Waals surface area contributed by atoms with Gasteiger partial charge in [0.2, 0.25) is 0 Å². The lowest BCUT2D eigenvalue weighted by Gasteiger charge is -1.98. The van der Waals surface area contributed by atoms with E-state index in [0.717, 1.165) is 17.9 Å². The molecule has 2 aromatic rings. The molecule has 0 aliphatic carbocycles. The number of tetrazole rings is 1. The third kappa shape index (κ3) is 1.42. The van der Waals surface area contributed by atoms with Crippen molar-refractivity contribution >= 4 is 0 Å². The standard InChI is InChI=1S/C9H9N4/c1-2-13-9(10-11-12-13)8-6-4-3-5-7-8/h3-6H,2H2,1H3. The Morgan fingerprint density at radius 3 is 3.08 bits per heavy atom. The molecule has 0 aliphatic heterocycles. The zero-order valence-corrected chi connectivity index (χ0v) is 7.31. The first-order valence-corrected chi connectivity index (χ1v) is 4.15. The van der Waals surface area contributed by atoms with Crippen LogP contribution in [0.1, 0.15) is 6.92 Å². The summed E-state index contributed by atoms with van der Waals surface area (Å²) in [7, 11) is 0. The summed E-state index contributed by atoms with van der Waals surface area (Å²) < 4.78 is 1.74. The van der Waals surface area contributed by atoms with Gasteiger partial charge in [-0.15, -0.1) is 5.10 Å². The third-order valence-electron chi connectivity index (χ3n) is 1.78. The van der Waals surface area contributed by atoms with Gasteiger partial charge < -0.3 is 0 Å². The average molecular weight is 173 g/mol. The summed E-state index contributed by atoms with van der Waals surface area (Å²) in [5.41, 5.74) is 0.925. The van der Waals surface area contributed by atoms with E-state index in [2.05, 4.69) is 21.6 Å².